The molecular formula is C37H34ClN7O7. The lowest BCUT2D eigenvalue weighted by Gasteiger charge is -2.19. The minimum atomic E-state index is -0.709. The number of fused-ring (bicyclic) bond motifs is 9. The van der Waals surface area contributed by atoms with E-state index in [2.05, 4.69) is 15.0 Å². The summed E-state index contributed by atoms with van der Waals surface area (Å²) in [6.07, 6.45) is 2.77. The van der Waals surface area contributed by atoms with Gasteiger partial charge in [0.1, 0.15) is 11.4 Å². The van der Waals surface area contributed by atoms with E-state index in [9.17, 15) is 24.6 Å². The van der Waals surface area contributed by atoms with E-state index < -0.39 is 11.9 Å². The molecule has 0 saturated carbocycles. The zero-order chi connectivity index (χ0) is 36.3. The number of anilines is 3. The number of aryl methyl sites for hydroxylation is 1. The number of aromatic amines is 3. The molecule has 0 fully saturated rings. The quantitative estimate of drug-likeness (QED) is 0.127. The molecule has 52 heavy (non-hydrogen) atoms. The van der Waals surface area contributed by atoms with Gasteiger partial charge in [-0.25, -0.2) is 4.79 Å². The molecular weight excluding hydrogens is 690 g/mol. The molecule has 0 saturated heterocycles. The van der Waals surface area contributed by atoms with Gasteiger partial charge in [-0.3, -0.25) is 14.5 Å². The van der Waals surface area contributed by atoms with E-state index in [0.29, 0.717) is 63.9 Å². The molecule has 9 rings (SSSR count). The molecule has 7 N–H and O–H groups in total. The SMILES string of the molecule is COc1c(O)c2c(c3cc(C(=O)N4CCc5c4c(O)c(OC)c4[nH]c(C(=O)N6C[C@@H](CCl)c7c6ccc6[nH]cc(C)c76)cc54)[nH]c13)CCN2C(N)=O. The fourth-order valence-corrected chi connectivity index (χ4v) is 8.88. The number of carbonyl (C=O) groups is 3. The summed E-state index contributed by atoms with van der Waals surface area (Å²) in [7, 11) is 2.80. The molecule has 1 atom stereocenters. The minimum absolute atomic E-state index is 0.0534. The van der Waals surface area contributed by atoms with Crippen LogP contribution in [0, 0.1) is 6.92 Å². The van der Waals surface area contributed by atoms with Crippen molar-refractivity contribution >= 4 is 79.2 Å². The predicted octanol–water partition coefficient (Wildman–Crippen LogP) is 5.49. The van der Waals surface area contributed by atoms with Gasteiger partial charge in [-0.05, 0) is 66.3 Å². The Bertz CT molecular complexity index is 2570. The summed E-state index contributed by atoms with van der Waals surface area (Å²) in [5, 5.41) is 25.0. The summed E-state index contributed by atoms with van der Waals surface area (Å²) in [6, 6.07) is 6.62. The number of nitrogens with zero attached hydrogens (tertiary/aromatic N) is 3. The number of ether oxygens (including phenoxy) is 2. The molecule has 0 spiro atoms. The number of aromatic hydroxyl groups is 2. The highest BCUT2D eigenvalue weighted by Gasteiger charge is 2.39. The fourth-order valence-electron chi connectivity index (χ4n) is 8.63. The van der Waals surface area contributed by atoms with Gasteiger partial charge in [0.15, 0.2) is 23.0 Å². The number of benzene rings is 3. The number of primary amides is 1. The number of nitrogens with one attached hydrogen (secondary N) is 3. The van der Waals surface area contributed by atoms with Gasteiger partial charge in [-0.2, -0.15) is 0 Å². The normalized spacial score (nSPS) is 16.3. The van der Waals surface area contributed by atoms with Crippen molar-refractivity contribution in [1.29, 1.82) is 0 Å². The van der Waals surface area contributed by atoms with Gasteiger partial charge in [0, 0.05) is 65.0 Å². The van der Waals surface area contributed by atoms with E-state index in [-0.39, 0.29) is 65.0 Å². The van der Waals surface area contributed by atoms with Crippen molar-refractivity contribution in [3.63, 3.8) is 0 Å². The van der Waals surface area contributed by atoms with Crippen molar-refractivity contribution in [2.24, 2.45) is 5.73 Å². The summed E-state index contributed by atoms with van der Waals surface area (Å²) in [4.78, 5) is 54.8. The number of rotatable bonds is 5. The average molecular weight is 724 g/mol. The Morgan fingerprint density at radius 3 is 2.00 bits per heavy atom. The largest absolute Gasteiger partial charge is 0.503 e. The smallest absolute Gasteiger partial charge is 0.319 e. The summed E-state index contributed by atoms with van der Waals surface area (Å²) in [5.41, 5.74) is 12.7. The number of phenolic OH excluding ortho intramolecular Hbond substituents is 2. The number of urea groups is 1. The predicted molar refractivity (Wildman–Crippen MR) is 197 cm³/mol. The highest BCUT2D eigenvalue weighted by Crippen LogP contribution is 2.52. The standard InChI is InChI=1S/C37H34ClN7O7/c1-15-13-40-21-4-5-24-26(25(15)21)16(12-38)14-45(24)36(49)23-11-19-17-6-8-43(29(17)31(46)33(51-2)27(19)42-23)35(48)22-10-20-18-7-9-44(37(39)50)30(18)32(47)34(52-3)28(20)41-22/h4-5,10-11,13,16,40-42,46-47H,6-9,12,14H2,1-3H3,(H2,39,50)/t16-/m1/s1. The van der Waals surface area contributed by atoms with Crippen LogP contribution in [0.2, 0.25) is 0 Å². The van der Waals surface area contributed by atoms with E-state index in [0.717, 1.165) is 27.7 Å². The molecule has 15 heteroatoms. The third-order valence-corrected chi connectivity index (χ3v) is 11.2. The van der Waals surface area contributed by atoms with Crippen molar-refractivity contribution in [3.8, 4) is 23.0 Å². The second-order valence-electron chi connectivity index (χ2n) is 13.5. The summed E-state index contributed by atoms with van der Waals surface area (Å²) >= 11 is 6.46. The number of amides is 4. The van der Waals surface area contributed by atoms with E-state index in [1.165, 1.54) is 24.0 Å². The van der Waals surface area contributed by atoms with Crippen LogP contribution in [0.1, 0.15) is 49.1 Å². The van der Waals surface area contributed by atoms with E-state index in [1.54, 1.807) is 17.0 Å². The first-order valence-electron chi connectivity index (χ1n) is 16.8. The monoisotopic (exact) mass is 723 g/mol. The summed E-state index contributed by atoms with van der Waals surface area (Å²) in [6.45, 7) is 2.96. The highest BCUT2D eigenvalue weighted by atomic mass is 35.5. The van der Waals surface area contributed by atoms with Crippen LogP contribution in [-0.4, -0.2) is 82.7 Å². The van der Waals surface area contributed by atoms with Crippen LogP contribution in [0.15, 0.2) is 30.5 Å². The number of alkyl halides is 1. The number of hydrogen-bond acceptors (Lipinski definition) is 7. The van der Waals surface area contributed by atoms with Gasteiger partial charge in [-0.1, -0.05) is 0 Å². The molecule has 6 heterocycles. The Kier molecular flexibility index (Phi) is 6.90. The molecule has 3 aromatic heterocycles. The molecule has 6 aromatic rings. The Hall–Kier alpha value is -6.02. The summed E-state index contributed by atoms with van der Waals surface area (Å²) < 4.78 is 11.2. The summed E-state index contributed by atoms with van der Waals surface area (Å²) in [5.74, 6) is -0.705. The molecule has 0 radical (unpaired) electrons. The molecule has 0 unspecified atom stereocenters. The zero-order valence-corrected chi connectivity index (χ0v) is 29.2. The van der Waals surface area contributed by atoms with E-state index >= 15 is 0 Å². The first-order valence-corrected chi connectivity index (χ1v) is 17.4. The number of nitrogens with two attached hydrogens (primary N) is 1. The third-order valence-electron chi connectivity index (χ3n) is 10.9. The topological polar surface area (TPSA) is 193 Å². The second-order valence-corrected chi connectivity index (χ2v) is 13.8. The van der Waals surface area contributed by atoms with Crippen LogP contribution in [0.5, 0.6) is 23.0 Å². The maximum atomic E-state index is 14.3. The Balaban J connectivity index is 1.11. The van der Waals surface area contributed by atoms with Crippen molar-refractivity contribution in [2.75, 3.05) is 54.4 Å². The van der Waals surface area contributed by atoms with Crippen molar-refractivity contribution < 1.29 is 34.1 Å². The van der Waals surface area contributed by atoms with Crippen molar-refractivity contribution in [3.05, 3.63) is 64.1 Å². The van der Waals surface area contributed by atoms with Gasteiger partial charge in [0.2, 0.25) is 0 Å². The first kappa shape index (κ1) is 31.9. The van der Waals surface area contributed by atoms with E-state index in [1.807, 2.05) is 25.3 Å². The van der Waals surface area contributed by atoms with Crippen LogP contribution < -0.4 is 29.9 Å². The number of methoxy groups -OCH3 is 2. The molecule has 3 aliphatic rings. The first-order chi connectivity index (χ1) is 25.1. The third kappa shape index (κ3) is 4.15. The molecule has 0 bridgehead atoms. The number of aromatic nitrogens is 3. The van der Waals surface area contributed by atoms with Gasteiger partial charge < -0.3 is 50.2 Å². The van der Waals surface area contributed by atoms with Gasteiger partial charge in [0.05, 0.1) is 36.6 Å². The van der Waals surface area contributed by atoms with Crippen molar-refractivity contribution in [1.82, 2.24) is 15.0 Å². The maximum Gasteiger partial charge on any atom is 0.319 e. The Morgan fingerprint density at radius 1 is 0.885 bits per heavy atom. The Labute approximate surface area is 300 Å². The fraction of sp³-hybridized carbons (Fsp3) is 0.270. The van der Waals surface area contributed by atoms with Crippen LogP contribution in [-0.2, 0) is 12.8 Å². The number of carbonyl (C=O) groups excluding carboxylic acids is 3. The molecule has 0 aliphatic carbocycles. The molecule has 3 aromatic carbocycles. The van der Waals surface area contributed by atoms with Gasteiger partial charge in [0.25, 0.3) is 11.8 Å². The zero-order valence-electron chi connectivity index (χ0n) is 28.4. The lowest BCUT2D eigenvalue weighted by atomic mass is 9.97. The minimum Gasteiger partial charge on any atom is -0.503 e. The number of hydrogen-bond donors (Lipinski definition) is 6. The molecule has 3 aliphatic heterocycles. The molecule has 266 valence electrons. The number of halogens is 1. The van der Waals surface area contributed by atoms with Crippen molar-refractivity contribution in [2.45, 2.75) is 25.7 Å². The maximum absolute atomic E-state index is 14.3. The average Bonchev–Trinajstić information content (AvgIpc) is 3.98. The van der Waals surface area contributed by atoms with Gasteiger partial charge >= 0.3 is 6.03 Å². The lowest BCUT2D eigenvalue weighted by molar-refractivity contribution is 0.0977. The van der Waals surface area contributed by atoms with E-state index in [4.69, 9.17) is 26.8 Å². The van der Waals surface area contributed by atoms with Crippen LogP contribution in [0.3, 0.4) is 0 Å². The lowest BCUT2D eigenvalue weighted by Crippen LogP contribution is -2.34. The number of H-pyrrole nitrogens is 3. The number of phenols is 2. The molecule has 4 amide bonds. The highest BCUT2D eigenvalue weighted by molar-refractivity contribution is 6.20. The van der Waals surface area contributed by atoms with Crippen LogP contribution >= 0.6 is 11.6 Å². The van der Waals surface area contributed by atoms with Crippen LogP contribution in [0.25, 0.3) is 32.7 Å². The molecule has 14 nitrogen and oxygen atoms in total. The second kappa shape index (κ2) is 11.2. The van der Waals surface area contributed by atoms with Gasteiger partial charge in [-0.15, -0.1) is 11.6 Å². The Morgan fingerprint density at radius 2 is 1.44 bits per heavy atom. The van der Waals surface area contributed by atoms with Crippen LogP contribution in [0.4, 0.5) is 21.9 Å².